The molecule has 1 aliphatic heterocycles. The van der Waals surface area contributed by atoms with Gasteiger partial charge >= 0.3 is 17.1 Å². The topological polar surface area (TPSA) is 96.9 Å². The molecule has 7 nitrogen and oxygen atoms in total. The highest BCUT2D eigenvalue weighted by Crippen LogP contribution is 2.18. The van der Waals surface area contributed by atoms with E-state index in [1.165, 1.54) is 0 Å². The predicted molar refractivity (Wildman–Crippen MR) is 50.8 cm³/mol. The van der Waals surface area contributed by atoms with E-state index in [9.17, 15) is 14.4 Å². The summed E-state index contributed by atoms with van der Waals surface area (Å²) in [6.07, 6.45) is 1.86. The minimum absolute atomic E-state index is 0.523. The Morgan fingerprint density at radius 3 is 2.33 bits per heavy atom. The van der Waals surface area contributed by atoms with Crippen molar-refractivity contribution in [2.45, 2.75) is 25.5 Å². The van der Waals surface area contributed by atoms with Crippen LogP contribution in [0.15, 0.2) is 14.4 Å². The van der Waals surface area contributed by atoms with Gasteiger partial charge < -0.3 is 4.74 Å². The number of rotatable bonds is 1. The Morgan fingerprint density at radius 1 is 1.13 bits per heavy atom. The van der Waals surface area contributed by atoms with Gasteiger partial charge in [-0.3, -0.25) is 9.97 Å². The largest absolute Gasteiger partial charge is 0.358 e. The molecule has 0 saturated carbocycles. The van der Waals surface area contributed by atoms with Crippen LogP contribution < -0.4 is 17.1 Å². The first-order valence-corrected chi connectivity index (χ1v) is 4.75. The van der Waals surface area contributed by atoms with Crippen molar-refractivity contribution in [1.29, 1.82) is 0 Å². The van der Waals surface area contributed by atoms with Crippen LogP contribution in [-0.4, -0.2) is 21.1 Å². The normalized spacial score (nSPS) is 21.5. The Hall–Kier alpha value is -1.63. The van der Waals surface area contributed by atoms with Crippen molar-refractivity contribution in [2.24, 2.45) is 0 Å². The highest BCUT2D eigenvalue weighted by atomic mass is 16.5. The summed E-state index contributed by atoms with van der Waals surface area (Å²) < 4.78 is 6.19. The summed E-state index contributed by atoms with van der Waals surface area (Å²) in [5, 5.41) is 0. The van der Waals surface area contributed by atoms with Crippen molar-refractivity contribution < 1.29 is 4.74 Å². The molecule has 0 amide bonds. The zero-order chi connectivity index (χ0) is 10.8. The number of nitrogens with zero attached hydrogens (tertiary/aromatic N) is 1. The fourth-order valence-corrected chi connectivity index (χ4v) is 1.63. The second-order valence-electron chi connectivity index (χ2n) is 3.38. The molecule has 0 spiro atoms. The Morgan fingerprint density at radius 2 is 1.80 bits per heavy atom. The van der Waals surface area contributed by atoms with E-state index in [-0.39, 0.29) is 0 Å². The van der Waals surface area contributed by atoms with Crippen molar-refractivity contribution >= 4 is 0 Å². The standard InChI is InChI=1S/C8H11N3O4/c12-6-9-7(13)11(8(14)10-6)5-3-1-2-4-15-5/h5H,1-4H2,(H2,9,10,12,13,14). The van der Waals surface area contributed by atoms with Gasteiger partial charge in [-0.05, 0) is 19.3 Å². The first kappa shape index (κ1) is 9.91. The molecule has 82 valence electrons. The van der Waals surface area contributed by atoms with Gasteiger partial charge in [0.25, 0.3) is 0 Å². The van der Waals surface area contributed by atoms with Crippen LogP contribution in [0.5, 0.6) is 0 Å². The van der Waals surface area contributed by atoms with Gasteiger partial charge in [0.2, 0.25) is 0 Å². The average molecular weight is 213 g/mol. The van der Waals surface area contributed by atoms with Gasteiger partial charge in [-0.2, -0.15) is 0 Å². The number of H-pyrrole nitrogens is 2. The molecule has 1 fully saturated rings. The molecule has 0 aliphatic carbocycles. The molecule has 1 unspecified atom stereocenters. The van der Waals surface area contributed by atoms with Crippen LogP contribution in [0.1, 0.15) is 25.5 Å². The monoisotopic (exact) mass is 213 g/mol. The van der Waals surface area contributed by atoms with Gasteiger partial charge in [-0.15, -0.1) is 0 Å². The Kier molecular flexibility index (Phi) is 2.55. The summed E-state index contributed by atoms with van der Waals surface area (Å²) in [6, 6.07) is 0. The summed E-state index contributed by atoms with van der Waals surface area (Å²) in [5.41, 5.74) is -2.25. The molecule has 1 aromatic heterocycles. The number of aromatic nitrogens is 3. The Labute approximate surface area is 83.7 Å². The third-order valence-electron chi connectivity index (χ3n) is 2.32. The first-order valence-electron chi connectivity index (χ1n) is 4.75. The Bertz CT molecular complexity index is 471. The van der Waals surface area contributed by atoms with Crippen LogP contribution in [0.2, 0.25) is 0 Å². The highest BCUT2D eigenvalue weighted by molar-refractivity contribution is 4.74. The lowest BCUT2D eigenvalue weighted by Gasteiger charge is -2.22. The lowest BCUT2D eigenvalue weighted by Crippen LogP contribution is -2.46. The number of nitrogens with one attached hydrogen (secondary N) is 2. The fraction of sp³-hybridized carbons (Fsp3) is 0.625. The minimum Gasteiger partial charge on any atom is -0.358 e. The third-order valence-corrected chi connectivity index (χ3v) is 2.32. The molecule has 0 aromatic carbocycles. The molecule has 1 aliphatic rings. The molecule has 7 heteroatoms. The van der Waals surface area contributed by atoms with Gasteiger partial charge in [-0.1, -0.05) is 0 Å². The average Bonchev–Trinajstić information content (AvgIpc) is 2.17. The van der Waals surface area contributed by atoms with E-state index in [1.807, 2.05) is 9.97 Å². The van der Waals surface area contributed by atoms with Crippen molar-refractivity contribution in [3.05, 3.63) is 31.5 Å². The van der Waals surface area contributed by atoms with Crippen LogP contribution in [-0.2, 0) is 4.74 Å². The summed E-state index contributed by atoms with van der Waals surface area (Å²) >= 11 is 0. The predicted octanol–water partition coefficient (Wildman–Crippen LogP) is -1.08. The highest BCUT2D eigenvalue weighted by Gasteiger charge is 2.19. The second-order valence-corrected chi connectivity index (χ2v) is 3.38. The second kappa shape index (κ2) is 3.85. The maximum Gasteiger partial charge on any atom is 0.335 e. The van der Waals surface area contributed by atoms with Crippen molar-refractivity contribution in [3.8, 4) is 0 Å². The van der Waals surface area contributed by atoms with E-state index in [0.717, 1.165) is 17.4 Å². The van der Waals surface area contributed by atoms with Gasteiger partial charge in [0.1, 0.15) is 6.23 Å². The van der Waals surface area contributed by atoms with Gasteiger partial charge in [0.15, 0.2) is 0 Å². The summed E-state index contributed by atoms with van der Waals surface area (Å²) in [7, 11) is 0. The SMILES string of the molecule is O=c1[nH]c(=O)n(C2CCCCO2)c(=O)[nH]1. The first-order chi connectivity index (χ1) is 7.18. The summed E-state index contributed by atoms with van der Waals surface area (Å²) in [4.78, 5) is 37.5. The molecule has 1 atom stereocenters. The van der Waals surface area contributed by atoms with Crippen LogP contribution in [0.4, 0.5) is 0 Å². The van der Waals surface area contributed by atoms with Crippen LogP contribution in [0, 0.1) is 0 Å². The van der Waals surface area contributed by atoms with Gasteiger partial charge in [0, 0.05) is 6.61 Å². The van der Waals surface area contributed by atoms with Crippen molar-refractivity contribution in [1.82, 2.24) is 14.5 Å². The summed E-state index contributed by atoms with van der Waals surface area (Å²) in [6.45, 7) is 0.523. The third kappa shape index (κ3) is 1.91. The molecule has 1 saturated heterocycles. The number of hydrogen-bond donors (Lipinski definition) is 2. The number of ether oxygens (including phenoxy) is 1. The number of hydrogen-bond acceptors (Lipinski definition) is 4. The van der Waals surface area contributed by atoms with Crippen LogP contribution in [0.3, 0.4) is 0 Å². The molecular formula is C8H11N3O4. The van der Waals surface area contributed by atoms with Gasteiger partial charge in [0.05, 0.1) is 0 Å². The van der Waals surface area contributed by atoms with E-state index in [2.05, 4.69) is 0 Å². The zero-order valence-corrected chi connectivity index (χ0v) is 7.99. The van der Waals surface area contributed by atoms with Crippen molar-refractivity contribution in [3.63, 3.8) is 0 Å². The molecule has 1 aromatic rings. The maximum atomic E-state index is 11.4. The van der Waals surface area contributed by atoms with E-state index in [0.29, 0.717) is 13.0 Å². The van der Waals surface area contributed by atoms with Crippen LogP contribution in [0.25, 0.3) is 0 Å². The molecule has 15 heavy (non-hydrogen) atoms. The quantitative estimate of drug-likeness (QED) is 0.620. The van der Waals surface area contributed by atoms with E-state index in [4.69, 9.17) is 4.74 Å². The Balaban J connectivity index is 2.47. The molecule has 0 bridgehead atoms. The van der Waals surface area contributed by atoms with E-state index >= 15 is 0 Å². The van der Waals surface area contributed by atoms with E-state index < -0.39 is 23.3 Å². The smallest absolute Gasteiger partial charge is 0.335 e. The molecular weight excluding hydrogens is 202 g/mol. The molecule has 0 radical (unpaired) electrons. The maximum absolute atomic E-state index is 11.4. The molecule has 2 heterocycles. The van der Waals surface area contributed by atoms with Crippen molar-refractivity contribution in [2.75, 3.05) is 6.61 Å². The molecule has 2 rings (SSSR count). The lowest BCUT2D eigenvalue weighted by molar-refractivity contribution is -0.0377. The lowest BCUT2D eigenvalue weighted by atomic mass is 10.2. The van der Waals surface area contributed by atoms with Crippen LogP contribution >= 0.6 is 0 Å². The number of aromatic amines is 2. The minimum atomic E-state index is -0.794. The zero-order valence-electron chi connectivity index (χ0n) is 7.99. The molecule has 2 N–H and O–H groups in total. The summed E-state index contributed by atoms with van der Waals surface area (Å²) in [5.74, 6) is 0. The van der Waals surface area contributed by atoms with Gasteiger partial charge in [-0.25, -0.2) is 19.0 Å². The fourth-order valence-electron chi connectivity index (χ4n) is 1.63. The van der Waals surface area contributed by atoms with E-state index in [1.54, 1.807) is 0 Å².